The van der Waals surface area contributed by atoms with Gasteiger partial charge in [-0.25, -0.2) is 4.98 Å². The summed E-state index contributed by atoms with van der Waals surface area (Å²) < 4.78 is 5.64. The van der Waals surface area contributed by atoms with Crippen LogP contribution in [0.4, 0.5) is 0 Å². The molecule has 1 fully saturated rings. The number of rotatable bonds is 3. The van der Waals surface area contributed by atoms with Crippen LogP contribution in [0.5, 0.6) is 0 Å². The molecule has 0 aromatic carbocycles. The lowest BCUT2D eigenvalue weighted by Crippen LogP contribution is -2.28. The third kappa shape index (κ3) is 3.07. The topological polar surface area (TPSA) is 29.3 Å². The highest BCUT2D eigenvalue weighted by Gasteiger charge is 2.25. The first-order valence-electron chi connectivity index (χ1n) is 7.01. The lowest BCUT2D eigenvalue weighted by Gasteiger charge is -2.27. The number of hydrogen-bond donors (Lipinski definition) is 0. The fraction of sp³-hybridized carbons (Fsp3) is 0.533. The van der Waals surface area contributed by atoms with Crippen molar-refractivity contribution >= 4 is 11.3 Å². The standard InChI is InChI=1S/C15H20N2OS/c1-12-16-13(11-19-12)10-17-8-4-2-3-6-14(17)15-7-5-9-18-15/h5,7,9,11,14H,2-4,6,8,10H2,1H3/t14-/m1/s1. The van der Waals surface area contributed by atoms with E-state index in [0.717, 1.165) is 23.9 Å². The number of aryl methyl sites for hydroxylation is 1. The number of hydrogen-bond acceptors (Lipinski definition) is 4. The highest BCUT2D eigenvalue weighted by Crippen LogP contribution is 2.31. The van der Waals surface area contributed by atoms with Gasteiger partial charge < -0.3 is 4.42 Å². The Bertz CT molecular complexity index is 506. The van der Waals surface area contributed by atoms with Gasteiger partial charge in [-0.05, 0) is 38.4 Å². The maximum Gasteiger partial charge on any atom is 0.120 e. The maximum absolute atomic E-state index is 5.64. The summed E-state index contributed by atoms with van der Waals surface area (Å²) in [5.41, 5.74) is 1.20. The van der Waals surface area contributed by atoms with Crippen LogP contribution >= 0.6 is 11.3 Å². The molecule has 0 aliphatic carbocycles. The van der Waals surface area contributed by atoms with Crippen LogP contribution in [-0.4, -0.2) is 16.4 Å². The molecule has 0 unspecified atom stereocenters. The van der Waals surface area contributed by atoms with Crippen LogP contribution in [0.25, 0.3) is 0 Å². The molecule has 4 heteroatoms. The van der Waals surface area contributed by atoms with Crippen molar-refractivity contribution < 1.29 is 4.42 Å². The number of nitrogens with zero attached hydrogens (tertiary/aromatic N) is 2. The van der Waals surface area contributed by atoms with Gasteiger partial charge in [-0.2, -0.15) is 0 Å². The molecule has 0 bridgehead atoms. The Morgan fingerprint density at radius 1 is 1.42 bits per heavy atom. The summed E-state index contributed by atoms with van der Waals surface area (Å²) in [6.45, 7) is 4.15. The van der Waals surface area contributed by atoms with Gasteiger partial charge in [0.2, 0.25) is 0 Å². The van der Waals surface area contributed by atoms with E-state index in [1.165, 1.54) is 31.4 Å². The molecule has 0 N–H and O–H groups in total. The minimum absolute atomic E-state index is 0.416. The molecule has 1 atom stereocenters. The van der Waals surface area contributed by atoms with Gasteiger partial charge in [0.1, 0.15) is 5.76 Å². The first-order chi connectivity index (χ1) is 9.33. The summed E-state index contributed by atoms with van der Waals surface area (Å²) in [6.07, 6.45) is 6.87. The second kappa shape index (κ2) is 5.88. The van der Waals surface area contributed by atoms with Crippen LogP contribution < -0.4 is 0 Å². The Morgan fingerprint density at radius 2 is 2.37 bits per heavy atom. The Labute approximate surface area is 118 Å². The largest absolute Gasteiger partial charge is 0.468 e. The van der Waals surface area contributed by atoms with Gasteiger partial charge in [-0.15, -0.1) is 11.3 Å². The minimum atomic E-state index is 0.416. The fourth-order valence-corrected chi connectivity index (χ4v) is 3.45. The van der Waals surface area contributed by atoms with Crippen molar-refractivity contribution in [3.8, 4) is 0 Å². The summed E-state index contributed by atoms with van der Waals surface area (Å²) in [5.74, 6) is 1.11. The molecule has 0 saturated carbocycles. The van der Waals surface area contributed by atoms with Crippen molar-refractivity contribution in [1.29, 1.82) is 0 Å². The van der Waals surface area contributed by atoms with Crippen LogP contribution in [0, 0.1) is 6.92 Å². The quantitative estimate of drug-likeness (QED) is 0.843. The van der Waals surface area contributed by atoms with Crippen molar-refractivity contribution in [2.45, 2.75) is 45.2 Å². The van der Waals surface area contributed by atoms with Gasteiger partial charge in [0.05, 0.1) is 23.0 Å². The number of aromatic nitrogens is 1. The molecule has 19 heavy (non-hydrogen) atoms. The SMILES string of the molecule is Cc1nc(CN2CCCCC[C@@H]2c2ccco2)cs1. The maximum atomic E-state index is 5.64. The van der Waals surface area contributed by atoms with E-state index >= 15 is 0 Å². The highest BCUT2D eigenvalue weighted by molar-refractivity contribution is 7.09. The second-order valence-corrected chi connectivity index (χ2v) is 6.27. The number of furan rings is 1. The van der Waals surface area contributed by atoms with E-state index in [1.807, 2.05) is 6.07 Å². The lowest BCUT2D eigenvalue weighted by molar-refractivity contribution is 0.168. The Hall–Kier alpha value is -1.13. The van der Waals surface area contributed by atoms with E-state index in [9.17, 15) is 0 Å². The van der Waals surface area contributed by atoms with Crippen LogP contribution in [0.1, 0.15) is 48.2 Å². The van der Waals surface area contributed by atoms with Gasteiger partial charge in [0, 0.05) is 11.9 Å². The Morgan fingerprint density at radius 3 is 3.11 bits per heavy atom. The predicted molar refractivity (Wildman–Crippen MR) is 77.2 cm³/mol. The second-order valence-electron chi connectivity index (χ2n) is 5.21. The van der Waals surface area contributed by atoms with Gasteiger partial charge in [-0.3, -0.25) is 4.90 Å². The Balaban J connectivity index is 1.78. The molecule has 3 nitrogen and oxygen atoms in total. The molecule has 1 aliphatic rings. The van der Waals surface area contributed by atoms with E-state index in [1.54, 1.807) is 17.6 Å². The number of likely N-dealkylation sites (tertiary alicyclic amines) is 1. The summed E-state index contributed by atoms with van der Waals surface area (Å²) in [5, 5.41) is 3.33. The zero-order valence-corrected chi connectivity index (χ0v) is 12.2. The van der Waals surface area contributed by atoms with Crippen LogP contribution in [0.15, 0.2) is 28.2 Å². The molecular formula is C15H20N2OS. The van der Waals surface area contributed by atoms with E-state index < -0.39 is 0 Å². The van der Waals surface area contributed by atoms with Crippen molar-refractivity contribution in [2.24, 2.45) is 0 Å². The molecule has 3 rings (SSSR count). The molecule has 0 spiro atoms. The average Bonchev–Trinajstić information content (AvgIpc) is 3.00. The van der Waals surface area contributed by atoms with Gasteiger partial charge >= 0.3 is 0 Å². The third-order valence-corrected chi connectivity index (χ3v) is 4.59. The van der Waals surface area contributed by atoms with E-state index in [4.69, 9.17) is 4.42 Å². The van der Waals surface area contributed by atoms with Gasteiger partial charge in [0.25, 0.3) is 0 Å². The fourth-order valence-electron chi connectivity index (χ4n) is 2.85. The lowest BCUT2D eigenvalue weighted by atomic mass is 10.1. The summed E-state index contributed by atoms with van der Waals surface area (Å²) in [6, 6.07) is 4.51. The third-order valence-electron chi connectivity index (χ3n) is 3.77. The van der Waals surface area contributed by atoms with Crippen LogP contribution in [0.3, 0.4) is 0 Å². The minimum Gasteiger partial charge on any atom is -0.468 e. The van der Waals surface area contributed by atoms with Crippen molar-refractivity contribution in [3.05, 3.63) is 40.2 Å². The molecular weight excluding hydrogens is 256 g/mol. The smallest absolute Gasteiger partial charge is 0.120 e. The summed E-state index contributed by atoms with van der Waals surface area (Å²) in [7, 11) is 0. The molecule has 2 aromatic rings. The molecule has 1 saturated heterocycles. The highest BCUT2D eigenvalue weighted by atomic mass is 32.1. The van der Waals surface area contributed by atoms with Crippen LogP contribution in [0.2, 0.25) is 0 Å². The van der Waals surface area contributed by atoms with Crippen molar-refractivity contribution in [1.82, 2.24) is 9.88 Å². The monoisotopic (exact) mass is 276 g/mol. The van der Waals surface area contributed by atoms with Crippen molar-refractivity contribution in [3.63, 3.8) is 0 Å². The first kappa shape index (κ1) is 12.9. The molecule has 3 heterocycles. The summed E-state index contributed by atoms with van der Waals surface area (Å²) >= 11 is 1.74. The molecule has 0 amide bonds. The van der Waals surface area contributed by atoms with Crippen molar-refractivity contribution in [2.75, 3.05) is 6.54 Å². The van der Waals surface area contributed by atoms with Crippen LogP contribution in [-0.2, 0) is 6.54 Å². The molecule has 1 aliphatic heterocycles. The normalized spacial score (nSPS) is 21.4. The number of thiazole rings is 1. The predicted octanol–water partition coefficient (Wildman–Crippen LogP) is 4.16. The van der Waals surface area contributed by atoms with E-state index in [2.05, 4.69) is 28.3 Å². The van der Waals surface area contributed by atoms with Gasteiger partial charge in [-0.1, -0.05) is 12.8 Å². The Kier molecular flexibility index (Phi) is 3.99. The van der Waals surface area contributed by atoms with E-state index in [-0.39, 0.29) is 0 Å². The van der Waals surface area contributed by atoms with E-state index in [0.29, 0.717) is 6.04 Å². The molecule has 2 aromatic heterocycles. The molecule has 0 radical (unpaired) electrons. The zero-order chi connectivity index (χ0) is 13.1. The summed E-state index contributed by atoms with van der Waals surface area (Å²) in [4.78, 5) is 7.13. The zero-order valence-electron chi connectivity index (χ0n) is 11.3. The van der Waals surface area contributed by atoms with Gasteiger partial charge in [0.15, 0.2) is 0 Å². The molecule has 102 valence electrons. The average molecular weight is 276 g/mol. The first-order valence-corrected chi connectivity index (χ1v) is 7.89.